The van der Waals surface area contributed by atoms with Crippen molar-refractivity contribution in [1.29, 1.82) is 0 Å². The molecular formula is C22H20FN3O2S. The lowest BCUT2D eigenvalue weighted by Gasteiger charge is -2.28. The largest absolute Gasteiger partial charge is 0.378 e. The van der Waals surface area contributed by atoms with Gasteiger partial charge in [-0.25, -0.2) is 9.37 Å². The van der Waals surface area contributed by atoms with E-state index in [4.69, 9.17) is 4.74 Å². The summed E-state index contributed by atoms with van der Waals surface area (Å²) in [4.78, 5) is 20.7. The number of pyridine rings is 1. The van der Waals surface area contributed by atoms with Crippen molar-refractivity contribution in [3.8, 4) is 10.4 Å². The minimum Gasteiger partial charge on any atom is -0.378 e. The summed E-state index contributed by atoms with van der Waals surface area (Å²) in [5, 5.41) is 2.77. The summed E-state index contributed by atoms with van der Waals surface area (Å²) >= 11 is 1.54. The maximum absolute atomic E-state index is 13.0. The van der Waals surface area contributed by atoms with E-state index in [1.54, 1.807) is 30.5 Å². The fourth-order valence-electron chi connectivity index (χ4n) is 3.01. The second kappa shape index (κ2) is 8.98. The Kier molecular flexibility index (Phi) is 5.97. The van der Waals surface area contributed by atoms with Gasteiger partial charge in [0.05, 0.1) is 25.1 Å². The van der Waals surface area contributed by atoms with E-state index in [0.29, 0.717) is 5.82 Å². The number of benzene rings is 1. The SMILES string of the molecule is O=C(/C=C\c1ccc(-c2ccc(F)cc2)s1)Nc1ccc(N2CCOCC2)cn1. The second-order valence-electron chi connectivity index (χ2n) is 6.53. The van der Waals surface area contributed by atoms with Gasteiger partial charge < -0.3 is 15.0 Å². The molecule has 2 aromatic heterocycles. The Morgan fingerprint density at radius 3 is 2.62 bits per heavy atom. The molecule has 1 aromatic carbocycles. The van der Waals surface area contributed by atoms with Crippen molar-refractivity contribution in [2.24, 2.45) is 0 Å². The molecule has 3 aromatic rings. The van der Waals surface area contributed by atoms with Crippen molar-refractivity contribution < 1.29 is 13.9 Å². The van der Waals surface area contributed by atoms with Gasteiger partial charge in [0.25, 0.3) is 0 Å². The number of ether oxygens (including phenoxy) is 1. The number of nitrogens with zero attached hydrogens (tertiary/aromatic N) is 2. The lowest BCUT2D eigenvalue weighted by atomic mass is 10.2. The second-order valence-corrected chi connectivity index (χ2v) is 7.65. The highest BCUT2D eigenvalue weighted by Gasteiger charge is 2.11. The molecule has 1 amide bonds. The van der Waals surface area contributed by atoms with Crippen molar-refractivity contribution in [3.05, 3.63) is 71.5 Å². The number of aromatic nitrogens is 1. The van der Waals surface area contributed by atoms with Crippen molar-refractivity contribution in [2.45, 2.75) is 0 Å². The summed E-state index contributed by atoms with van der Waals surface area (Å²) in [6, 6.07) is 14.0. The van der Waals surface area contributed by atoms with Crippen LogP contribution in [0.4, 0.5) is 15.9 Å². The summed E-state index contributed by atoms with van der Waals surface area (Å²) in [5.74, 6) is 0.0110. The van der Waals surface area contributed by atoms with Gasteiger partial charge in [0.2, 0.25) is 5.91 Å². The summed E-state index contributed by atoms with van der Waals surface area (Å²) in [6.45, 7) is 3.12. The van der Waals surface area contributed by atoms with Gasteiger partial charge in [0.1, 0.15) is 11.6 Å². The van der Waals surface area contributed by atoms with E-state index in [9.17, 15) is 9.18 Å². The topological polar surface area (TPSA) is 54.5 Å². The molecule has 1 saturated heterocycles. The molecule has 148 valence electrons. The third kappa shape index (κ3) is 5.07. The van der Waals surface area contributed by atoms with Crippen LogP contribution in [0.3, 0.4) is 0 Å². The number of halogens is 1. The average Bonchev–Trinajstić information content (AvgIpc) is 3.23. The van der Waals surface area contributed by atoms with Crippen LogP contribution in [-0.4, -0.2) is 37.2 Å². The average molecular weight is 409 g/mol. The zero-order valence-electron chi connectivity index (χ0n) is 15.7. The van der Waals surface area contributed by atoms with Gasteiger partial charge >= 0.3 is 0 Å². The molecule has 7 heteroatoms. The van der Waals surface area contributed by atoms with Gasteiger partial charge in [-0.15, -0.1) is 11.3 Å². The van der Waals surface area contributed by atoms with Gasteiger partial charge in [0.15, 0.2) is 0 Å². The Morgan fingerprint density at radius 1 is 1.10 bits per heavy atom. The normalized spacial score (nSPS) is 14.3. The zero-order valence-corrected chi connectivity index (χ0v) is 16.5. The molecule has 0 spiro atoms. The molecule has 0 saturated carbocycles. The van der Waals surface area contributed by atoms with Crippen LogP contribution >= 0.6 is 11.3 Å². The van der Waals surface area contributed by atoms with Crippen molar-refractivity contribution in [3.63, 3.8) is 0 Å². The monoisotopic (exact) mass is 409 g/mol. The molecule has 0 radical (unpaired) electrons. The first-order chi connectivity index (χ1) is 14.2. The molecule has 0 bridgehead atoms. The quantitative estimate of drug-likeness (QED) is 0.633. The summed E-state index contributed by atoms with van der Waals surface area (Å²) in [5.41, 5.74) is 1.97. The third-order valence-corrected chi connectivity index (χ3v) is 5.63. The van der Waals surface area contributed by atoms with Crippen LogP contribution in [0.15, 0.2) is 60.8 Å². The van der Waals surface area contributed by atoms with E-state index >= 15 is 0 Å². The number of anilines is 2. The van der Waals surface area contributed by atoms with E-state index in [1.807, 2.05) is 18.2 Å². The Balaban J connectivity index is 1.34. The molecule has 0 unspecified atom stereocenters. The number of thiophene rings is 1. The third-order valence-electron chi connectivity index (χ3n) is 4.53. The minimum atomic E-state index is -0.256. The van der Waals surface area contributed by atoms with Gasteiger partial charge in [-0.05, 0) is 48.0 Å². The number of amides is 1. The van der Waals surface area contributed by atoms with Crippen LogP contribution in [0.5, 0.6) is 0 Å². The molecule has 4 rings (SSSR count). The predicted molar refractivity (Wildman–Crippen MR) is 115 cm³/mol. The maximum atomic E-state index is 13.0. The van der Waals surface area contributed by atoms with Gasteiger partial charge in [0, 0.05) is 28.9 Å². The maximum Gasteiger partial charge on any atom is 0.249 e. The highest BCUT2D eigenvalue weighted by molar-refractivity contribution is 7.16. The van der Waals surface area contributed by atoms with E-state index in [0.717, 1.165) is 47.3 Å². The van der Waals surface area contributed by atoms with E-state index in [-0.39, 0.29) is 11.7 Å². The Labute approximate surface area is 172 Å². The highest BCUT2D eigenvalue weighted by Crippen LogP contribution is 2.29. The number of hydrogen-bond donors (Lipinski definition) is 1. The predicted octanol–water partition coefficient (Wildman–Crippen LogP) is 4.44. The first kappa shape index (κ1) is 19.3. The lowest BCUT2D eigenvalue weighted by Crippen LogP contribution is -2.36. The summed E-state index contributed by atoms with van der Waals surface area (Å²) in [7, 11) is 0. The van der Waals surface area contributed by atoms with Crippen molar-refractivity contribution >= 4 is 34.8 Å². The molecule has 1 aliphatic rings. The van der Waals surface area contributed by atoms with E-state index in [2.05, 4.69) is 15.2 Å². The number of morpholine rings is 1. The van der Waals surface area contributed by atoms with Crippen LogP contribution in [-0.2, 0) is 9.53 Å². The molecule has 3 heterocycles. The lowest BCUT2D eigenvalue weighted by molar-refractivity contribution is -0.111. The van der Waals surface area contributed by atoms with Crippen LogP contribution in [0.2, 0.25) is 0 Å². The Bertz CT molecular complexity index is 994. The first-order valence-corrected chi connectivity index (χ1v) is 10.1. The van der Waals surface area contributed by atoms with Crippen molar-refractivity contribution in [2.75, 3.05) is 36.5 Å². The van der Waals surface area contributed by atoms with Crippen LogP contribution in [0, 0.1) is 5.82 Å². The van der Waals surface area contributed by atoms with Crippen LogP contribution in [0.1, 0.15) is 4.88 Å². The van der Waals surface area contributed by atoms with Crippen LogP contribution in [0.25, 0.3) is 16.5 Å². The van der Waals surface area contributed by atoms with Gasteiger partial charge in [-0.3, -0.25) is 4.79 Å². The summed E-state index contributed by atoms with van der Waals surface area (Å²) < 4.78 is 18.4. The molecule has 1 aliphatic heterocycles. The van der Waals surface area contributed by atoms with E-state index in [1.165, 1.54) is 29.5 Å². The number of nitrogens with one attached hydrogen (secondary N) is 1. The van der Waals surface area contributed by atoms with E-state index < -0.39 is 0 Å². The molecule has 1 N–H and O–H groups in total. The number of rotatable bonds is 5. The highest BCUT2D eigenvalue weighted by atomic mass is 32.1. The molecule has 0 aliphatic carbocycles. The van der Waals surface area contributed by atoms with Crippen molar-refractivity contribution in [1.82, 2.24) is 4.98 Å². The number of hydrogen-bond acceptors (Lipinski definition) is 5. The fraction of sp³-hybridized carbons (Fsp3) is 0.182. The standard InChI is InChI=1S/C22H20FN3O2S/c23-17-3-1-16(2-4-17)20-8-6-19(29-20)7-10-22(27)25-21-9-5-18(15-24-21)26-11-13-28-14-12-26/h1-10,15H,11-14H2,(H,24,25,27)/b10-7-. The van der Waals surface area contributed by atoms with Gasteiger partial charge in [-0.2, -0.15) is 0 Å². The number of carbonyl (C=O) groups is 1. The molecule has 1 fully saturated rings. The van der Waals surface area contributed by atoms with Crippen LogP contribution < -0.4 is 10.2 Å². The molecule has 5 nitrogen and oxygen atoms in total. The molecule has 0 atom stereocenters. The molecular weight excluding hydrogens is 389 g/mol. The fourth-order valence-corrected chi connectivity index (χ4v) is 3.92. The zero-order chi connectivity index (χ0) is 20.1. The Hall–Kier alpha value is -3.03. The molecule has 29 heavy (non-hydrogen) atoms. The minimum absolute atomic E-state index is 0.242. The number of carbonyl (C=O) groups excluding carboxylic acids is 1. The summed E-state index contributed by atoms with van der Waals surface area (Å²) in [6.07, 6.45) is 5.01. The Morgan fingerprint density at radius 2 is 1.90 bits per heavy atom. The van der Waals surface area contributed by atoms with Gasteiger partial charge in [-0.1, -0.05) is 12.1 Å². The first-order valence-electron chi connectivity index (χ1n) is 9.31. The smallest absolute Gasteiger partial charge is 0.249 e.